The highest BCUT2D eigenvalue weighted by atomic mass is 16.1. The Bertz CT molecular complexity index is 286. The first-order chi connectivity index (χ1) is 9.16. The highest BCUT2D eigenvalue weighted by molar-refractivity contribution is 5.76. The lowest BCUT2D eigenvalue weighted by molar-refractivity contribution is -0.122. The monoisotopic (exact) mass is 266 g/mol. The fourth-order valence-corrected chi connectivity index (χ4v) is 3.67. The van der Waals surface area contributed by atoms with Gasteiger partial charge >= 0.3 is 0 Å². The number of carbonyl (C=O) groups is 1. The highest BCUT2D eigenvalue weighted by Gasteiger charge is 2.25. The number of nitrogens with one attached hydrogen (secondary N) is 2. The second-order valence-corrected chi connectivity index (χ2v) is 6.76. The van der Waals surface area contributed by atoms with Gasteiger partial charge in [0.1, 0.15) is 0 Å². The smallest absolute Gasteiger partial charge is 0.220 e. The van der Waals surface area contributed by atoms with Crippen molar-refractivity contribution in [3.63, 3.8) is 0 Å². The maximum atomic E-state index is 12.0. The molecule has 1 amide bonds. The van der Waals surface area contributed by atoms with E-state index in [9.17, 15) is 4.79 Å². The summed E-state index contributed by atoms with van der Waals surface area (Å²) < 4.78 is 0. The lowest BCUT2D eigenvalue weighted by Gasteiger charge is -2.28. The number of amides is 1. The van der Waals surface area contributed by atoms with Crippen LogP contribution in [-0.2, 0) is 4.79 Å². The topological polar surface area (TPSA) is 41.1 Å². The van der Waals surface area contributed by atoms with Gasteiger partial charge < -0.3 is 10.6 Å². The van der Waals surface area contributed by atoms with E-state index in [1.54, 1.807) is 0 Å². The molecule has 1 aliphatic carbocycles. The Kier molecular flexibility index (Phi) is 5.68. The zero-order valence-corrected chi connectivity index (χ0v) is 12.6. The van der Waals surface area contributed by atoms with Gasteiger partial charge in [0.2, 0.25) is 5.91 Å². The van der Waals surface area contributed by atoms with Crippen molar-refractivity contribution >= 4 is 5.91 Å². The predicted octanol–water partition coefficient (Wildman–Crippen LogP) is 2.56. The molecule has 3 heteroatoms. The Balaban J connectivity index is 1.65. The third kappa shape index (κ3) is 4.48. The van der Waals surface area contributed by atoms with Crippen LogP contribution in [0.4, 0.5) is 0 Å². The van der Waals surface area contributed by atoms with E-state index >= 15 is 0 Å². The summed E-state index contributed by atoms with van der Waals surface area (Å²) in [5, 5.41) is 6.61. The first kappa shape index (κ1) is 14.8. The van der Waals surface area contributed by atoms with Gasteiger partial charge in [-0.1, -0.05) is 26.7 Å². The van der Waals surface area contributed by atoms with Crippen LogP contribution >= 0.6 is 0 Å². The summed E-state index contributed by atoms with van der Waals surface area (Å²) >= 11 is 0. The van der Waals surface area contributed by atoms with Crippen molar-refractivity contribution in [3.8, 4) is 0 Å². The molecular weight excluding hydrogens is 236 g/mol. The van der Waals surface area contributed by atoms with Gasteiger partial charge in [-0.15, -0.1) is 0 Å². The average molecular weight is 266 g/mol. The molecular formula is C16H30N2O. The van der Waals surface area contributed by atoms with Crippen molar-refractivity contribution in [3.05, 3.63) is 0 Å². The second-order valence-electron chi connectivity index (χ2n) is 6.76. The molecule has 1 saturated carbocycles. The lowest BCUT2D eigenvalue weighted by Crippen LogP contribution is -2.36. The molecule has 2 rings (SSSR count). The van der Waals surface area contributed by atoms with Crippen LogP contribution in [0.5, 0.6) is 0 Å². The van der Waals surface area contributed by atoms with E-state index in [1.807, 2.05) is 0 Å². The first-order valence-corrected chi connectivity index (χ1v) is 8.14. The van der Waals surface area contributed by atoms with E-state index in [1.165, 1.54) is 32.1 Å². The van der Waals surface area contributed by atoms with Crippen molar-refractivity contribution in [2.24, 2.45) is 23.7 Å². The Morgan fingerprint density at radius 1 is 1.32 bits per heavy atom. The fourth-order valence-electron chi connectivity index (χ4n) is 3.67. The summed E-state index contributed by atoms with van der Waals surface area (Å²) in [4.78, 5) is 12.0. The predicted molar refractivity (Wildman–Crippen MR) is 78.9 cm³/mol. The van der Waals surface area contributed by atoms with Crippen LogP contribution in [0.3, 0.4) is 0 Å². The van der Waals surface area contributed by atoms with Crippen LogP contribution in [0.25, 0.3) is 0 Å². The van der Waals surface area contributed by atoms with Crippen molar-refractivity contribution in [2.45, 2.75) is 52.4 Å². The Hall–Kier alpha value is -0.570. The molecule has 0 aromatic rings. The van der Waals surface area contributed by atoms with Gasteiger partial charge in [0.25, 0.3) is 0 Å². The minimum atomic E-state index is 0.261. The molecule has 0 spiro atoms. The molecule has 0 radical (unpaired) electrons. The van der Waals surface area contributed by atoms with Gasteiger partial charge in [-0.3, -0.25) is 4.79 Å². The van der Waals surface area contributed by atoms with Crippen LogP contribution in [0.2, 0.25) is 0 Å². The third-order valence-electron chi connectivity index (χ3n) is 5.25. The molecule has 110 valence electrons. The van der Waals surface area contributed by atoms with Gasteiger partial charge in [0, 0.05) is 13.0 Å². The van der Waals surface area contributed by atoms with E-state index in [0.717, 1.165) is 31.5 Å². The fraction of sp³-hybridized carbons (Fsp3) is 0.938. The normalized spacial score (nSPS) is 33.1. The van der Waals surface area contributed by atoms with Gasteiger partial charge in [0.15, 0.2) is 0 Å². The standard InChI is InChI=1S/C16H30N2O/c1-12-5-3-6-15(12)11-18-16(19)9-13(2)14-7-4-8-17-10-14/h12-15,17H,3-11H2,1-2H3,(H,18,19). The van der Waals surface area contributed by atoms with Crippen molar-refractivity contribution in [2.75, 3.05) is 19.6 Å². The maximum Gasteiger partial charge on any atom is 0.220 e. The van der Waals surface area contributed by atoms with Crippen LogP contribution in [-0.4, -0.2) is 25.5 Å². The van der Waals surface area contributed by atoms with Crippen LogP contribution < -0.4 is 10.6 Å². The molecule has 0 aromatic heterocycles. The summed E-state index contributed by atoms with van der Waals surface area (Å²) in [5.74, 6) is 2.96. The lowest BCUT2D eigenvalue weighted by atomic mass is 9.85. The van der Waals surface area contributed by atoms with E-state index in [0.29, 0.717) is 18.3 Å². The Morgan fingerprint density at radius 3 is 2.79 bits per heavy atom. The molecule has 0 aromatic carbocycles. The number of hydrogen-bond donors (Lipinski definition) is 2. The summed E-state index contributed by atoms with van der Waals surface area (Å²) in [6.07, 6.45) is 7.21. The number of carbonyl (C=O) groups excluding carboxylic acids is 1. The molecule has 2 fully saturated rings. The number of hydrogen-bond acceptors (Lipinski definition) is 2. The van der Waals surface area contributed by atoms with Crippen molar-refractivity contribution in [1.82, 2.24) is 10.6 Å². The molecule has 2 aliphatic rings. The van der Waals surface area contributed by atoms with E-state index in [2.05, 4.69) is 24.5 Å². The highest BCUT2D eigenvalue weighted by Crippen LogP contribution is 2.30. The second kappa shape index (κ2) is 7.28. The Morgan fingerprint density at radius 2 is 2.16 bits per heavy atom. The third-order valence-corrected chi connectivity index (χ3v) is 5.25. The zero-order chi connectivity index (χ0) is 13.7. The minimum absolute atomic E-state index is 0.261. The Labute approximate surface area is 117 Å². The van der Waals surface area contributed by atoms with Gasteiger partial charge in [0.05, 0.1) is 0 Å². The first-order valence-electron chi connectivity index (χ1n) is 8.14. The minimum Gasteiger partial charge on any atom is -0.356 e. The van der Waals surface area contributed by atoms with Gasteiger partial charge in [-0.25, -0.2) is 0 Å². The van der Waals surface area contributed by atoms with Crippen molar-refractivity contribution < 1.29 is 4.79 Å². The average Bonchev–Trinajstić information content (AvgIpc) is 2.83. The van der Waals surface area contributed by atoms with E-state index < -0.39 is 0 Å². The summed E-state index contributed by atoms with van der Waals surface area (Å²) in [6, 6.07) is 0. The largest absolute Gasteiger partial charge is 0.356 e. The van der Waals surface area contributed by atoms with E-state index in [4.69, 9.17) is 0 Å². The molecule has 1 heterocycles. The van der Waals surface area contributed by atoms with Gasteiger partial charge in [-0.05, 0) is 56.0 Å². The van der Waals surface area contributed by atoms with Crippen LogP contribution in [0.1, 0.15) is 52.4 Å². The van der Waals surface area contributed by atoms with Crippen molar-refractivity contribution in [1.29, 1.82) is 0 Å². The summed E-state index contributed by atoms with van der Waals surface area (Å²) in [5.41, 5.74) is 0. The molecule has 1 saturated heterocycles. The van der Waals surface area contributed by atoms with Gasteiger partial charge in [-0.2, -0.15) is 0 Å². The number of rotatable bonds is 5. The summed E-state index contributed by atoms with van der Waals surface area (Å²) in [6.45, 7) is 7.69. The maximum absolute atomic E-state index is 12.0. The zero-order valence-electron chi connectivity index (χ0n) is 12.6. The molecule has 3 nitrogen and oxygen atoms in total. The molecule has 1 aliphatic heterocycles. The number of piperidine rings is 1. The SMILES string of the molecule is CC(CC(=O)NCC1CCCC1C)C1CCCNC1. The molecule has 2 N–H and O–H groups in total. The van der Waals surface area contributed by atoms with Crippen LogP contribution in [0.15, 0.2) is 0 Å². The molecule has 4 atom stereocenters. The molecule has 0 bridgehead atoms. The molecule has 19 heavy (non-hydrogen) atoms. The van der Waals surface area contributed by atoms with Crippen LogP contribution in [0, 0.1) is 23.7 Å². The quantitative estimate of drug-likeness (QED) is 0.803. The molecule has 4 unspecified atom stereocenters. The van der Waals surface area contributed by atoms with E-state index in [-0.39, 0.29) is 5.91 Å². The summed E-state index contributed by atoms with van der Waals surface area (Å²) in [7, 11) is 0.